The van der Waals surface area contributed by atoms with E-state index in [1.807, 2.05) is 50.2 Å². The average molecular weight is 547 g/mol. The molecule has 0 amide bonds. The minimum Gasteiger partial charge on any atom is -0.466 e. The maximum absolute atomic E-state index is 14.4. The largest absolute Gasteiger partial charge is 0.466 e. The maximum atomic E-state index is 14.4. The summed E-state index contributed by atoms with van der Waals surface area (Å²) in [5.74, 6) is 0.686. The van der Waals surface area contributed by atoms with Crippen molar-refractivity contribution in [2.45, 2.75) is 46.5 Å². The lowest BCUT2D eigenvalue weighted by Crippen LogP contribution is -2.44. The normalized spacial score (nSPS) is 18.4. The number of benzene rings is 3. The molecule has 5 nitrogen and oxygen atoms in total. The second-order valence-corrected chi connectivity index (χ2v) is 14.7. The van der Waals surface area contributed by atoms with Gasteiger partial charge in [0.25, 0.3) is 0 Å². The van der Waals surface area contributed by atoms with Crippen LogP contribution in [0.3, 0.4) is 0 Å². The molecule has 0 unspecified atom stereocenters. The molecule has 4 aromatic rings. The molecule has 1 heterocycles. The molecule has 0 radical (unpaired) electrons. The second-order valence-electron chi connectivity index (χ2n) is 9.95. The van der Waals surface area contributed by atoms with Gasteiger partial charge in [0.05, 0.1) is 9.79 Å². The minimum atomic E-state index is -4.35. The van der Waals surface area contributed by atoms with Gasteiger partial charge in [-0.05, 0) is 62.1 Å². The third kappa shape index (κ3) is 4.14. The van der Waals surface area contributed by atoms with Crippen molar-refractivity contribution in [3.8, 4) is 0 Å². The van der Waals surface area contributed by atoms with Crippen molar-refractivity contribution < 1.29 is 21.3 Å². The summed E-state index contributed by atoms with van der Waals surface area (Å²) in [6, 6.07) is 27.4. The van der Waals surface area contributed by atoms with E-state index in [2.05, 4.69) is 6.58 Å². The first kappa shape index (κ1) is 26.2. The van der Waals surface area contributed by atoms with Crippen molar-refractivity contribution in [2.75, 3.05) is 0 Å². The molecule has 196 valence electrons. The van der Waals surface area contributed by atoms with Gasteiger partial charge in [0, 0.05) is 17.9 Å². The molecule has 1 aliphatic rings. The first-order chi connectivity index (χ1) is 18.1. The molecule has 1 aromatic heterocycles. The van der Waals surface area contributed by atoms with E-state index < -0.39 is 29.7 Å². The fourth-order valence-electron chi connectivity index (χ4n) is 5.81. The van der Waals surface area contributed by atoms with Gasteiger partial charge in [0.15, 0.2) is 23.8 Å². The summed E-state index contributed by atoms with van der Waals surface area (Å²) in [4.78, 5) is -0.0286. The van der Waals surface area contributed by atoms with Crippen LogP contribution in [-0.2, 0) is 19.7 Å². The highest BCUT2D eigenvalue weighted by Gasteiger charge is 2.62. The van der Waals surface area contributed by atoms with Gasteiger partial charge in [-0.25, -0.2) is 16.8 Å². The summed E-state index contributed by atoms with van der Waals surface area (Å²) < 4.78 is 61.3. The first-order valence-corrected chi connectivity index (χ1v) is 15.4. The number of hydrogen-bond acceptors (Lipinski definition) is 5. The number of aryl methyl sites for hydroxylation is 2. The molecule has 0 N–H and O–H groups in total. The van der Waals surface area contributed by atoms with Crippen molar-refractivity contribution in [2.24, 2.45) is 5.92 Å². The lowest BCUT2D eigenvalue weighted by Gasteiger charge is -2.30. The molecule has 7 heteroatoms. The van der Waals surface area contributed by atoms with Crippen LogP contribution in [0, 0.1) is 19.8 Å². The summed E-state index contributed by atoms with van der Waals surface area (Å²) in [5.41, 5.74) is 2.45. The number of rotatable bonds is 7. The molecule has 1 saturated carbocycles. The second kappa shape index (κ2) is 9.71. The standard InChI is InChI=1S/C31H30O5S2/c1-22-20-31(37(32,33)26-15-9-5-10-16-26,38(34,35)27-17-11-6-12-18-27)21-29(22)30(25-13-7-4-8-14-25)28-19-23(2)36-24(28)3/h4-19,29-30H,1,20-21H2,2-3H3/t29-,30+/m0/s1. The third-order valence-corrected chi connectivity index (χ3v) is 13.3. The summed E-state index contributed by atoms with van der Waals surface area (Å²) in [5, 5.41) is 0. The van der Waals surface area contributed by atoms with Crippen LogP contribution in [0.15, 0.2) is 123 Å². The Morgan fingerprint density at radius 1 is 0.789 bits per heavy atom. The van der Waals surface area contributed by atoms with Crippen LogP contribution in [0.2, 0.25) is 0 Å². The molecule has 0 saturated heterocycles. The Balaban J connectivity index is 1.74. The van der Waals surface area contributed by atoms with Crippen LogP contribution >= 0.6 is 0 Å². The summed E-state index contributed by atoms with van der Waals surface area (Å²) in [6.45, 7) is 8.04. The predicted molar refractivity (Wildman–Crippen MR) is 148 cm³/mol. The highest BCUT2D eigenvalue weighted by Crippen LogP contribution is 2.56. The van der Waals surface area contributed by atoms with E-state index in [1.165, 1.54) is 24.3 Å². The molecule has 0 aliphatic heterocycles. The highest BCUT2D eigenvalue weighted by molar-refractivity contribution is 8.10. The van der Waals surface area contributed by atoms with Crippen molar-refractivity contribution in [3.63, 3.8) is 0 Å². The molecule has 1 aliphatic carbocycles. The van der Waals surface area contributed by atoms with E-state index in [4.69, 9.17) is 4.42 Å². The van der Waals surface area contributed by atoms with Crippen LogP contribution in [0.5, 0.6) is 0 Å². The molecule has 0 spiro atoms. The van der Waals surface area contributed by atoms with Gasteiger partial charge in [-0.3, -0.25) is 0 Å². The number of furan rings is 1. The summed E-state index contributed by atoms with van der Waals surface area (Å²) in [6.07, 6.45) is -0.311. The molecule has 0 bridgehead atoms. The Morgan fingerprint density at radius 2 is 1.26 bits per heavy atom. The fourth-order valence-corrected chi connectivity index (χ4v) is 11.0. The SMILES string of the molecule is C=C1CC(S(=O)(=O)c2ccccc2)(S(=O)(=O)c2ccccc2)C[C@@H]1[C@H](c1ccccc1)c1cc(C)oc1C. The van der Waals surface area contributed by atoms with Gasteiger partial charge < -0.3 is 4.42 Å². The Hall–Kier alpha value is -3.42. The number of allylic oxidation sites excluding steroid dienone is 1. The molecule has 3 aromatic carbocycles. The topological polar surface area (TPSA) is 81.4 Å². The molecule has 38 heavy (non-hydrogen) atoms. The fraction of sp³-hybridized carbons (Fsp3) is 0.226. The maximum Gasteiger partial charge on any atom is 0.199 e. The van der Waals surface area contributed by atoms with Crippen molar-refractivity contribution in [3.05, 3.63) is 132 Å². The number of sulfone groups is 2. The zero-order valence-electron chi connectivity index (χ0n) is 21.4. The monoisotopic (exact) mass is 546 g/mol. The number of hydrogen-bond donors (Lipinski definition) is 0. The van der Waals surface area contributed by atoms with E-state index in [0.29, 0.717) is 5.57 Å². The van der Waals surface area contributed by atoms with Crippen LogP contribution < -0.4 is 0 Å². The van der Waals surface area contributed by atoms with Crippen molar-refractivity contribution in [1.82, 2.24) is 0 Å². The van der Waals surface area contributed by atoms with Gasteiger partial charge in [-0.2, -0.15) is 0 Å². The van der Waals surface area contributed by atoms with E-state index in [9.17, 15) is 16.8 Å². The zero-order chi connectivity index (χ0) is 27.1. The van der Waals surface area contributed by atoms with E-state index in [1.54, 1.807) is 36.4 Å². The summed E-state index contributed by atoms with van der Waals surface area (Å²) >= 11 is 0. The third-order valence-electron chi connectivity index (χ3n) is 7.61. The van der Waals surface area contributed by atoms with Gasteiger partial charge in [-0.1, -0.05) is 78.9 Å². The lowest BCUT2D eigenvalue weighted by atomic mass is 9.78. The molecule has 5 rings (SSSR count). The predicted octanol–water partition coefficient (Wildman–Crippen LogP) is 6.64. The van der Waals surface area contributed by atoms with Crippen LogP contribution in [0.1, 0.15) is 41.4 Å². The van der Waals surface area contributed by atoms with Crippen LogP contribution in [0.4, 0.5) is 0 Å². The van der Waals surface area contributed by atoms with Gasteiger partial charge in [0.1, 0.15) is 11.5 Å². The van der Waals surface area contributed by atoms with Crippen LogP contribution in [-0.4, -0.2) is 20.9 Å². The van der Waals surface area contributed by atoms with E-state index in [-0.39, 0.29) is 28.6 Å². The first-order valence-electron chi connectivity index (χ1n) is 12.5. The molecular formula is C31H30O5S2. The zero-order valence-corrected chi connectivity index (χ0v) is 23.0. The molecular weight excluding hydrogens is 516 g/mol. The quantitative estimate of drug-likeness (QED) is 0.243. The summed E-state index contributed by atoms with van der Waals surface area (Å²) in [7, 11) is -8.69. The molecule has 2 atom stereocenters. The van der Waals surface area contributed by atoms with Gasteiger partial charge in [-0.15, -0.1) is 0 Å². The highest BCUT2D eigenvalue weighted by atomic mass is 32.3. The van der Waals surface area contributed by atoms with E-state index >= 15 is 0 Å². The molecule has 1 fully saturated rings. The Kier molecular flexibility index (Phi) is 6.70. The van der Waals surface area contributed by atoms with E-state index in [0.717, 1.165) is 22.6 Å². The van der Waals surface area contributed by atoms with Gasteiger partial charge in [0.2, 0.25) is 0 Å². The van der Waals surface area contributed by atoms with Crippen molar-refractivity contribution >= 4 is 19.7 Å². The Labute approximate surface area is 224 Å². The van der Waals surface area contributed by atoms with Gasteiger partial charge >= 0.3 is 0 Å². The minimum absolute atomic E-state index is 0.0143. The lowest BCUT2D eigenvalue weighted by molar-refractivity contribution is 0.481. The Morgan fingerprint density at radius 3 is 1.71 bits per heavy atom. The van der Waals surface area contributed by atoms with Crippen molar-refractivity contribution in [1.29, 1.82) is 0 Å². The van der Waals surface area contributed by atoms with Crippen LogP contribution in [0.25, 0.3) is 0 Å². The smallest absolute Gasteiger partial charge is 0.199 e. The average Bonchev–Trinajstić information content (AvgIpc) is 3.45. The Bertz CT molecular complexity index is 1600.